The second kappa shape index (κ2) is 9.76. The van der Waals surface area contributed by atoms with Gasteiger partial charge in [-0.25, -0.2) is 12.6 Å². The number of hydrogen-bond acceptors (Lipinski definition) is 11. The molecular weight excluding hydrogens is 448 g/mol. The van der Waals surface area contributed by atoms with Gasteiger partial charge >= 0.3 is 10.4 Å². The molecule has 2 aromatic rings. The molecule has 0 fully saturated rings. The van der Waals surface area contributed by atoms with Gasteiger partial charge in [-0.3, -0.25) is 9.87 Å². The van der Waals surface area contributed by atoms with E-state index in [9.17, 15) is 16.8 Å². The molecule has 29 heavy (non-hydrogen) atoms. The van der Waals surface area contributed by atoms with Crippen molar-refractivity contribution < 1.29 is 25.6 Å². The van der Waals surface area contributed by atoms with Crippen LogP contribution < -0.4 is 10.2 Å². The Kier molecular flexibility index (Phi) is 7.65. The molecule has 0 saturated carbocycles. The molecule has 0 amide bonds. The van der Waals surface area contributed by atoms with Gasteiger partial charge in [0, 0.05) is 12.2 Å². The van der Waals surface area contributed by atoms with Crippen molar-refractivity contribution in [3.63, 3.8) is 0 Å². The summed E-state index contributed by atoms with van der Waals surface area (Å²) in [4.78, 5) is 13.2. The molecule has 0 saturated heterocycles. The first-order valence-corrected chi connectivity index (χ1v) is 11.4. The van der Waals surface area contributed by atoms with Gasteiger partial charge in [0.2, 0.25) is 17.2 Å². The third-order valence-electron chi connectivity index (χ3n) is 3.33. The smallest absolute Gasteiger partial charge is 0.309 e. The zero-order valence-electron chi connectivity index (χ0n) is 14.6. The first-order valence-electron chi connectivity index (χ1n) is 7.81. The highest BCUT2D eigenvalue weighted by atomic mass is 35.5. The van der Waals surface area contributed by atoms with Gasteiger partial charge in [-0.2, -0.15) is 28.6 Å². The van der Waals surface area contributed by atoms with E-state index in [1.165, 1.54) is 4.90 Å². The molecule has 2 N–H and O–H groups in total. The molecule has 0 atom stereocenters. The number of benzene rings is 1. The van der Waals surface area contributed by atoms with Crippen molar-refractivity contribution in [1.29, 1.82) is 5.26 Å². The SMILES string of the molecule is N#CNc1nc(Cl)nc(N(CCS(=O)(=O)CCOS(=O)(=O)O)c2ccccc2)n1. The lowest BCUT2D eigenvalue weighted by atomic mass is 10.3. The first-order chi connectivity index (χ1) is 13.6. The zero-order valence-corrected chi connectivity index (χ0v) is 17.0. The third-order valence-corrected chi connectivity index (χ3v) is 5.55. The van der Waals surface area contributed by atoms with Crippen LogP contribution in [0, 0.1) is 11.5 Å². The highest BCUT2D eigenvalue weighted by Gasteiger charge is 2.20. The van der Waals surface area contributed by atoms with Crippen molar-refractivity contribution in [3.05, 3.63) is 35.6 Å². The van der Waals surface area contributed by atoms with E-state index in [1.807, 2.05) is 0 Å². The second-order valence-electron chi connectivity index (χ2n) is 5.35. The first kappa shape index (κ1) is 22.7. The molecule has 12 nitrogen and oxygen atoms in total. The van der Waals surface area contributed by atoms with Gasteiger partial charge in [0.1, 0.15) is 0 Å². The van der Waals surface area contributed by atoms with Crippen LogP contribution in [0.1, 0.15) is 0 Å². The number of anilines is 3. The molecule has 0 spiro atoms. The Balaban J connectivity index is 2.24. The summed E-state index contributed by atoms with van der Waals surface area (Å²) in [5, 5.41) is 10.8. The van der Waals surface area contributed by atoms with E-state index >= 15 is 0 Å². The molecule has 0 aliphatic carbocycles. The van der Waals surface area contributed by atoms with Gasteiger partial charge in [0.15, 0.2) is 16.0 Å². The summed E-state index contributed by atoms with van der Waals surface area (Å²) in [6.07, 6.45) is 1.65. The minimum atomic E-state index is -4.73. The standard InChI is InChI=1S/C14H15ClN6O6S2/c15-12-18-13(17-10-16)20-14(19-12)21(11-4-2-1-3-5-11)6-8-28(22,23)9-7-27-29(24,25)26/h1-5H,6-9H2,(H,24,25,26)(H,17,18,19,20). The van der Waals surface area contributed by atoms with E-state index in [-0.39, 0.29) is 23.7 Å². The lowest BCUT2D eigenvalue weighted by Gasteiger charge is -2.22. The average Bonchev–Trinajstić information content (AvgIpc) is 2.61. The molecule has 156 valence electrons. The van der Waals surface area contributed by atoms with Crippen molar-refractivity contribution >= 4 is 49.4 Å². The monoisotopic (exact) mass is 462 g/mol. The summed E-state index contributed by atoms with van der Waals surface area (Å²) in [5.74, 6) is -1.17. The molecule has 1 aromatic carbocycles. The Labute approximate surface area is 172 Å². The highest BCUT2D eigenvalue weighted by molar-refractivity contribution is 7.91. The Morgan fingerprint density at radius 3 is 2.45 bits per heavy atom. The highest BCUT2D eigenvalue weighted by Crippen LogP contribution is 2.23. The quantitative estimate of drug-likeness (QED) is 0.288. The molecule has 2 rings (SSSR count). The number of hydrogen-bond donors (Lipinski definition) is 2. The molecule has 1 aromatic heterocycles. The van der Waals surface area contributed by atoms with Gasteiger partial charge in [-0.1, -0.05) is 18.2 Å². The topological polar surface area (TPSA) is 175 Å². The molecule has 15 heteroatoms. The molecule has 0 radical (unpaired) electrons. The fourth-order valence-electron chi connectivity index (χ4n) is 2.12. The Hall–Kier alpha value is -2.57. The van der Waals surface area contributed by atoms with Gasteiger partial charge < -0.3 is 4.90 Å². The fraction of sp³-hybridized carbons (Fsp3) is 0.286. The molecule has 0 aliphatic rings. The summed E-state index contributed by atoms with van der Waals surface area (Å²) in [5.41, 5.74) is 0.544. The van der Waals surface area contributed by atoms with Crippen LogP contribution in [0.5, 0.6) is 0 Å². The van der Waals surface area contributed by atoms with Gasteiger partial charge in [-0.05, 0) is 23.7 Å². The maximum Gasteiger partial charge on any atom is 0.397 e. The lowest BCUT2D eigenvalue weighted by Crippen LogP contribution is -2.29. The van der Waals surface area contributed by atoms with E-state index < -0.39 is 38.3 Å². The van der Waals surface area contributed by atoms with Crippen LogP contribution in [0.3, 0.4) is 0 Å². The number of nitriles is 1. The zero-order chi connectivity index (χ0) is 21.5. The fourth-order valence-corrected chi connectivity index (χ4v) is 3.67. The van der Waals surface area contributed by atoms with E-state index in [1.54, 1.807) is 36.5 Å². The lowest BCUT2D eigenvalue weighted by molar-refractivity contribution is 0.284. The number of rotatable bonds is 10. The maximum atomic E-state index is 12.2. The van der Waals surface area contributed by atoms with E-state index in [0.29, 0.717) is 5.69 Å². The molecular formula is C14H15ClN6O6S2. The number of nitrogens with one attached hydrogen (secondary N) is 1. The number of aromatic nitrogens is 3. The van der Waals surface area contributed by atoms with Crippen LogP contribution in [-0.2, 0) is 24.4 Å². The summed E-state index contributed by atoms with van der Waals surface area (Å²) >= 11 is 5.86. The van der Waals surface area contributed by atoms with Crippen molar-refractivity contribution in [1.82, 2.24) is 15.0 Å². The van der Waals surface area contributed by atoms with Crippen molar-refractivity contribution in [2.75, 3.05) is 34.9 Å². The van der Waals surface area contributed by atoms with Crippen LogP contribution >= 0.6 is 11.6 Å². The van der Waals surface area contributed by atoms with Crippen molar-refractivity contribution in [3.8, 4) is 6.19 Å². The van der Waals surface area contributed by atoms with E-state index in [2.05, 4.69) is 24.5 Å². The predicted octanol–water partition coefficient (Wildman–Crippen LogP) is 0.790. The summed E-state index contributed by atoms with van der Waals surface area (Å²) in [6.45, 7) is -0.842. The van der Waals surface area contributed by atoms with Gasteiger partial charge in [-0.15, -0.1) is 0 Å². The van der Waals surface area contributed by atoms with Crippen LogP contribution in [0.4, 0.5) is 17.6 Å². The van der Waals surface area contributed by atoms with Gasteiger partial charge in [0.25, 0.3) is 0 Å². The Morgan fingerprint density at radius 2 is 1.83 bits per heavy atom. The van der Waals surface area contributed by atoms with Crippen molar-refractivity contribution in [2.45, 2.75) is 0 Å². The molecule has 0 aliphatic heterocycles. The van der Waals surface area contributed by atoms with Crippen LogP contribution in [0.15, 0.2) is 30.3 Å². The number of para-hydroxylation sites is 1. The number of halogens is 1. The van der Waals surface area contributed by atoms with Crippen LogP contribution in [0.25, 0.3) is 0 Å². The second-order valence-corrected chi connectivity index (χ2v) is 9.09. The average molecular weight is 463 g/mol. The Morgan fingerprint density at radius 1 is 1.14 bits per heavy atom. The maximum absolute atomic E-state index is 12.2. The van der Waals surface area contributed by atoms with E-state index in [0.717, 1.165) is 0 Å². The van der Waals surface area contributed by atoms with Crippen LogP contribution in [0.2, 0.25) is 5.28 Å². The van der Waals surface area contributed by atoms with Gasteiger partial charge in [0.05, 0.1) is 18.1 Å². The third kappa shape index (κ3) is 7.75. The molecule has 0 unspecified atom stereocenters. The normalized spacial score (nSPS) is 11.6. The van der Waals surface area contributed by atoms with E-state index in [4.69, 9.17) is 21.4 Å². The van der Waals surface area contributed by atoms with Crippen molar-refractivity contribution in [2.24, 2.45) is 0 Å². The van der Waals surface area contributed by atoms with Crippen LogP contribution in [-0.4, -0.2) is 61.0 Å². The number of sulfone groups is 1. The summed E-state index contributed by atoms with van der Waals surface area (Å²) in [6, 6.07) is 8.56. The molecule has 0 bridgehead atoms. The summed E-state index contributed by atoms with van der Waals surface area (Å²) < 4.78 is 58.0. The Bertz CT molecular complexity index is 1090. The molecule has 1 heterocycles. The minimum Gasteiger partial charge on any atom is -0.309 e. The summed E-state index contributed by atoms with van der Waals surface area (Å²) in [7, 11) is -8.49. The number of nitrogens with zero attached hydrogens (tertiary/aromatic N) is 5. The largest absolute Gasteiger partial charge is 0.397 e. The predicted molar refractivity (Wildman–Crippen MR) is 104 cm³/mol. The minimum absolute atomic E-state index is 0.00154.